The number of amides is 2. The van der Waals surface area contributed by atoms with Crippen LogP contribution in [-0.4, -0.2) is 63.4 Å². The van der Waals surface area contributed by atoms with Gasteiger partial charge in [-0.1, -0.05) is 74.0 Å². The van der Waals surface area contributed by atoms with Gasteiger partial charge in [-0.25, -0.2) is 8.42 Å². The summed E-state index contributed by atoms with van der Waals surface area (Å²) >= 11 is 6.35. The van der Waals surface area contributed by atoms with Crippen LogP contribution in [0, 0.1) is 23.0 Å². The third-order valence-electron chi connectivity index (χ3n) is 8.10. The second kappa shape index (κ2) is 17.2. The number of benzene rings is 4. The molecule has 4 aromatic carbocycles. The fourth-order valence-corrected chi connectivity index (χ4v) is 6.99. The highest BCUT2D eigenvalue weighted by Gasteiger charge is 2.36. The minimum Gasteiger partial charge on any atom is -0.497 e. The van der Waals surface area contributed by atoms with E-state index in [4.69, 9.17) is 21.1 Å². The van der Waals surface area contributed by atoms with Crippen LogP contribution in [0.2, 0.25) is 5.02 Å². The molecule has 0 aliphatic rings. The maximum Gasteiger partial charge on any atom is 0.273 e. The molecule has 2 amide bonds. The molecule has 0 saturated heterocycles. The number of halogens is 1. The summed E-state index contributed by atoms with van der Waals surface area (Å²) in [5.41, 5.74) is 1.17. The number of carbonyl (C=O) groups excluding carboxylic acids is 2. The molecule has 0 saturated carbocycles. The largest absolute Gasteiger partial charge is 0.497 e. The van der Waals surface area contributed by atoms with Gasteiger partial charge in [0.1, 0.15) is 24.1 Å². The lowest BCUT2D eigenvalue weighted by Gasteiger charge is -2.34. The summed E-state index contributed by atoms with van der Waals surface area (Å²) in [4.78, 5) is 40.8. The number of aryl methyl sites for hydroxylation is 1. The zero-order valence-corrected chi connectivity index (χ0v) is 30.6. The third kappa shape index (κ3) is 9.77. The van der Waals surface area contributed by atoms with E-state index in [1.165, 1.54) is 56.4 Å². The summed E-state index contributed by atoms with van der Waals surface area (Å²) < 4.78 is 40.7. The Balaban J connectivity index is 1.90. The molecule has 1 unspecified atom stereocenters. The van der Waals surface area contributed by atoms with Gasteiger partial charge in [-0.2, -0.15) is 0 Å². The van der Waals surface area contributed by atoms with Crippen molar-refractivity contribution in [3.63, 3.8) is 0 Å². The van der Waals surface area contributed by atoms with Crippen LogP contribution >= 0.6 is 11.6 Å². The quantitative estimate of drug-likeness (QED) is 0.106. The molecule has 1 N–H and O–H groups in total. The maximum absolute atomic E-state index is 14.8. The Morgan fingerprint density at radius 3 is 2.27 bits per heavy atom. The van der Waals surface area contributed by atoms with Gasteiger partial charge in [-0.3, -0.25) is 24.0 Å². The van der Waals surface area contributed by atoms with Crippen molar-refractivity contribution in [1.82, 2.24) is 10.2 Å². The van der Waals surface area contributed by atoms with Crippen LogP contribution in [0.3, 0.4) is 0 Å². The van der Waals surface area contributed by atoms with Crippen LogP contribution < -0.4 is 19.1 Å². The topological polar surface area (TPSA) is 148 Å². The summed E-state index contributed by atoms with van der Waals surface area (Å²) in [6, 6.07) is 22.9. The van der Waals surface area contributed by atoms with Crippen LogP contribution in [0.5, 0.6) is 11.5 Å². The molecule has 4 aromatic rings. The lowest BCUT2D eigenvalue weighted by Crippen LogP contribution is -2.53. The van der Waals surface area contributed by atoms with Gasteiger partial charge >= 0.3 is 0 Å². The van der Waals surface area contributed by atoms with Crippen molar-refractivity contribution in [3.05, 3.63) is 123 Å². The van der Waals surface area contributed by atoms with Crippen molar-refractivity contribution in [3.8, 4) is 11.5 Å². The van der Waals surface area contributed by atoms with Crippen LogP contribution in [-0.2, 0) is 32.6 Å². The standard InChI is InChI=1S/C37H41ClN4O8S/c1-25(2)22-39-37(44)34(19-27-10-7-6-8-11-27)40(23-28-12-9-13-30(18-28)49-4)36(43)24-41(33-20-29(38)15-17-35(33)50-5)51(47,48)31-16-14-26(3)32(21-31)42(45)46/h6-18,20-21,25,34H,19,22-24H2,1-5H3,(H,39,44). The van der Waals surface area contributed by atoms with Crippen LogP contribution in [0.15, 0.2) is 95.9 Å². The average Bonchev–Trinajstić information content (AvgIpc) is 3.11. The Hall–Kier alpha value is -5.14. The molecule has 0 fully saturated rings. The van der Waals surface area contributed by atoms with E-state index in [2.05, 4.69) is 5.32 Å². The molecule has 51 heavy (non-hydrogen) atoms. The number of hydrogen-bond donors (Lipinski definition) is 1. The van der Waals surface area contributed by atoms with E-state index in [0.29, 0.717) is 17.9 Å². The molecule has 0 heterocycles. The number of rotatable bonds is 16. The molecule has 0 bridgehead atoms. The Morgan fingerprint density at radius 1 is 0.922 bits per heavy atom. The average molecular weight is 737 g/mol. The number of nitrogens with zero attached hydrogens (tertiary/aromatic N) is 3. The number of nitro benzene ring substituents is 1. The SMILES string of the molecule is COc1cccc(CN(C(=O)CN(c2cc(Cl)ccc2OC)S(=O)(=O)c2ccc(C)c([N+](=O)[O-])c2)C(Cc2ccccc2)C(=O)NCC(C)C)c1. The summed E-state index contributed by atoms with van der Waals surface area (Å²) in [6.07, 6.45) is 0.123. The van der Waals surface area contributed by atoms with E-state index < -0.39 is 49.9 Å². The van der Waals surface area contributed by atoms with Gasteiger partial charge in [-0.15, -0.1) is 0 Å². The second-order valence-electron chi connectivity index (χ2n) is 12.3. The fourth-order valence-electron chi connectivity index (χ4n) is 5.39. The van der Waals surface area contributed by atoms with Gasteiger partial charge in [0.15, 0.2) is 0 Å². The summed E-state index contributed by atoms with van der Waals surface area (Å²) in [6.45, 7) is 4.83. The molecule has 0 radical (unpaired) electrons. The van der Waals surface area contributed by atoms with Gasteiger partial charge in [0.2, 0.25) is 11.8 Å². The number of methoxy groups -OCH3 is 2. The second-order valence-corrected chi connectivity index (χ2v) is 14.5. The minimum atomic E-state index is -4.69. The van der Waals surface area contributed by atoms with Gasteiger partial charge in [0.05, 0.1) is 29.7 Å². The van der Waals surface area contributed by atoms with Crippen molar-refractivity contribution < 1.29 is 32.4 Å². The van der Waals surface area contributed by atoms with E-state index in [1.807, 2.05) is 44.2 Å². The maximum atomic E-state index is 14.8. The molecule has 0 aliphatic heterocycles. The number of anilines is 1. The molecule has 12 nitrogen and oxygen atoms in total. The van der Waals surface area contributed by atoms with Crippen LogP contribution in [0.4, 0.5) is 11.4 Å². The molecule has 270 valence electrons. The molecular weight excluding hydrogens is 696 g/mol. The van der Waals surface area contributed by atoms with Crippen molar-refractivity contribution in [2.75, 3.05) is 31.6 Å². The van der Waals surface area contributed by atoms with E-state index in [9.17, 15) is 28.1 Å². The van der Waals surface area contributed by atoms with Gasteiger partial charge in [0.25, 0.3) is 15.7 Å². The molecule has 0 aliphatic carbocycles. The number of hydrogen-bond acceptors (Lipinski definition) is 8. The number of ether oxygens (including phenoxy) is 2. The van der Waals surface area contributed by atoms with Gasteiger partial charge < -0.3 is 19.7 Å². The normalized spacial score (nSPS) is 11.8. The Kier molecular flexibility index (Phi) is 13.0. The first-order chi connectivity index (χ1) is 24.2. The van der Waals surface area contributed by atoms with E-state index >= 15 is 0 Å². The van der Waals surface area contributed by atoms with E-state index in [0.717, 1.165) is 15.9 Å². The van der Waals surface area contributed by atoms with Crippen molar-refractivity contribution in [2.45, 2.75) is 44.7 Å². The van der Waals surface area contributed by atoms with Crippen molar-refractivity contribution in [1.29, 1.82) is 0 Å². The molecular formula is C37H41ClN4O8S. The van der Waals surface area contributed by atoms with E-state index in [-0.39, 0.29) is 40.9 Å². The van der Waals surface area contributed by atoms with Crippen molar-refractivity contribution in [2.24, 2.45) is 5.92 Å². The minimum absolute atomic E-state index is 0.0762. The summed E-state index contributed by atoms with van der Waals surface area (Å²) in [5, 5.41) is 14.9. The fraction of sp³-hybridized carbons (Fsp3) is 0.297. The first kappa shape index (κ1) is 38.7. The number of nitrogens with one attached hydrogen (secondary N) is 1. The van der Waals surface area contributed by atoms with Gasteiger partial charge in [-0.05, 0) is 60.4 Å². The highest BCUT2D eigenvalue weighted by molar-refractivity contribution is 7.92. The smallest absolute Gasteiger partial charge is 0.273 e. The predicted octanol–water partition coefficient (Wildman–Crippen LogP) is 6.18. The molecule has 1 atom stereocenters. The highest BCUT2D eigenvalue weighted by Crippen LogP contribution is 2.36. The molecule has 0 spiro atoms. The first-order valence-corrected chi connectivity index (χ1v) is 17.9. The Bertz CT molecular complexity index is 1970. The predicted molar refractivity (Wildman–Crippen MR) is 196 cm³/mol. The zero-order chi connectivity index (χ0) is 37.3. The first-order valence-electron chi connectivity index (χ1n) is 16.1. The number of carbonyl (C=O) groups is 2. The van der Waals surface area contributed by atoms with Crippen LogP contribution in [0.1, 0.15) is 30.5 Å². The third-order valence-corrected chi connectivity index (χ3v) is 10.1. The zero-order valence-electron chi connectivity index (χ0n) is 29.0. The van der Waals surface area contributed by atoms with Gasteiger partial charge in [0, 0.05) is 36.2 Å². The number of sulfonamides is 1. The molecule has 0 aromatic heterocycles. The van der Waals surface area contributed by atoms with Crippen LogP contribution in [0.25, 0.3) is 0 Å². The summed E-state index contributed by atoms with van der Waals surface area (Å²) in [7, 11) is -1.85. The lowest BCUT2D eigenvalue weighted by atomic mass is 10.0. The molecule has 14 heteroatoms. The number of nitro groups is 1. The van der Waals surface area contributed by atoms with E-state index in [1.54, 1.807) is 24.3 Å². The Labute approximate surface area is 303 Å². The molecule has 4 rings (SSSR count). The monoisotopic (exact) mass is 736 g/mol. The van der Waals surface area contributed by atoms with Crippen molar-refractivity contribution >= 4 is 44.8 Å². The highest BCUT2D eigenvalue weighted by atomic mass is 35.5. The summed E-state index contributed by atoms with van der Waals surface area (Å²) in [5.74, 6) is -0.438. The lowest BCUT2D eigenvalue weighted by molar-refractivity contribution is -0.385. The Morgan fingerprint density at radius 2 is 1.63 bits per heavy atom.